The molecule has 1 unspecified atom stereocenters. The third kappa shape index (κ3) is 4.71. The molecule has 0 radical (unpaired) electrons. The van der Waals surface area contributed by atoms with E-state index >= 15 is 0 Å². The fraction of sp³-hybridized carbons (Fsp3) is 0.438. The van der Waals surface area contributed by atoms with E-state index in [9.17, 15) is 0 Å². The number of morpholine rings is 1. The van der Waals surface area contributed by atoms with Gasteiger partial charge in [0.2, 0.25) is 0 Å². The number of ether oxygens (including phenoxy) is 1. The summed E-state index contributed by atoms with van der Waals surface area (Å²) in [5, 5.41) is 3.28. The van der Waals surface area contributed by atoms with Crippen LogP contribution >= 0.6 is 24.0 Å². The van der Waals surface area contributed by atoms with E-state index in [0.29, 0.717) is 6.61 Å². The van der Waals surface area contributed by atoms with E-state index in [0.717, 1.165) is 25.6 Å². The molecule has 1 fully saturated rings. The molecule has 4 nitrogen and oxygen atoms in total. The first-order valence-corrected chi connectivity index (χ1v) is 7.00. The average molecular weight is 401 g/mol. The van der Waals surface area contributed by atoms with Crippen molar-refractivity contribution in [1.82, 2.24) is 10.2 Å². The molecule has 1 saturated heterocycles. The topological polar surface area (TPSA) is 36.9 Å². The first kappa shape index (κ1) is 18.0. The Balaban J connectivity index is 0.00000220. The molecule has 2 rings (SSSR count). The van der Waals surface area contributed by atoms with E-state index in [1.165, 1.54) is 11.1 Å². The lowest BCUT2D eigenvalue weighted by Crippen LogP contribution is -2.48. The Morgan fingerprint density at radius 3 is 2.95 bits per heavy atom. The molecule has 116 valence electrons. The van der Waals surface area contributed by atoms with Crippen LogP contribution in [0.15, 0.2) is 41.9 Å². The average Bonchev–Trinajstić information content (AvgIpc) is 2.49. The smallest absolute Gasteiger partial charge is 0.194 e. The molecule has 0 bridgehead atoms. The molecule has 1 aromatic carbocycles. The second-order valence-corrected chi connectivity index (χ2v) is 4.88. The standard InChI is InChI=1S/C16H23N3O.HI/c1-4-9-18-16(17-3)19-10-11-20-15(12-19)14-8-6-5-7-13(14)2;/h4-8,15H,1,9-12H2,2-3H3,(H,17,18);1H. The Bertz CT molecular complexity index is 490. The second kappa shape index (κ2) is 9.04. The number of guanidine groups is 1. The second-order valence-electron chi connectivity index (χ2n) is 4.88. The Labute approximate surface area is 144 Å². The van der Waals surface area contributed by atoms with Gasteiger partial charge in [-0.15, -0.1) is 30.6 Å². The van der Waals surface area contributed by atoms with Gasteiger partial charge in [-0.05, 0) is 18.1 Å². The largest absolute Gasteiger partial charge is 0.370 e. The van der Waals surface area contributed by atoms with Crippen molar-refractivity contribution < 1.29 is 4.74 Å². The van der Waals surface area contributed by atoms with Crippen LogP contribution < -0.4 is 5.32 Å². The van der Waals surface area contributed by atoms with Crippen LogP contribution in [0.2, 0.25) is 0 Å². The molecule has 0 aromatic heterocycles. The van der Waals surface area contributed by atoms with Crippen molar-refractivity contribution in [3.63, 3.8) is 0 Å². The van der Waals surface area contributed by atoms with E-state index in [4.69, 9.17) is 4.74 Å². The highest BCUT2D eigenvalue weighted by atomic mass is 127. The van der Waals surface area contributed by atoms with Crippen molar-refractivity contribution in [2.24, 2.45) is 4.99 Å². The normalized spacial score (nSPS) is 18.9. The van der Waals surface area contributed by atoms with Crippen molar-refractivity contribution in [1.29, 1.82) is 0 Å². The summed E-state index contributed by atoms with van der Waals surface area (Å²) in [6.07, 6.45) is 1.94. The number of nitrogens with zero attached hydrogens (tertiary/aromatic N) is 2. The van der Waals surface area contributed by atoms with Gasteiger partial charge in [0, 0.05) is 20.1 Å². The van der Waals surface area contributed by atoms with E-state index < -0.39 is 0 Å². The van der Waals surface area contributed by atoms with Crippen LogP contribution in [0, 0.1) is 6.92 Å². The quantitative estimate of drug-likeness (QED) is 0.366. The number of benzene rings is 1. The van der Waals surface area contributed by atoms with Crippen molar-refractivity contribution in [3.8, 4) is 0 Å². The lowest BCUT2D eigenvalue weighted by Gasteiger charge is -2.35. The first-order chi connectivity index (χ1) is 9.76. The summed E-state index contributed by atoms with van der Waals surface area (Å²) in [5.41, 5.74) is 2.53. The van der Waals surface area contributed by atoms with Crippen molar-refractivity contribution >= 4 is 29.9 Å². The maximum Gasteiger partial charge on any atom is 0.194 e. The van der Waals surface area contributed by atoms with Gasteiger partial charge in [-0.2, -0.15) is 0 Å². The minimum absolute atomic E-state index is 0. The molecule has 21 heavy (non-hydrogen) atoms. The molecule has 1 aliphatic heterocycles. The van der Waals surface area contributed by atoms with Crippen LogP contribution in [-0.2, 0) is 4.74 Å². The van der Waals surface area contributed by atoms with Gasteiger partial charge in [0.15, 0.2) is 5.96 Å². The fourth-order valence-corrected chi connectivity index (χ4v) is 2.47. The van der Waals surface area contributed by atoms with Crippen LogP contribution in [-0.4, -0.2) is 44.1 Å². The van der Waals surface area contributed by atoms with Crippen molar-refractivity contribution in [3.05, 3.63) is 48.0 Å². The molecule has 1 aliphatic rings. The molecule has 0 saturated carbocycles. The van der Waals surface area contributed by atoms with Gasteiger partial charge in [0.05, 0.1) is 13.2 Å². The Kier molecular flexibility index (Phi) is 7.74. The first-order valence-electron chi connectivity index (χ1n) is 7.00. The molecule has 1 N–H and O–H groups in total. The zero-order valence-corrected chi connectivity index (χ0v) is 15.0. The summed E-state index contributed by atoms with van der Waals surface area (Å²) < 4.78 is 5.93. The summed E-state index contributed by atoms with van der Waals surface area (Å²) in [6.45, 7) is 8.97. The Morgan fingerprint density at radius 1 is 1.52 bits per heavy atom. The number of hydrogen-bond acceptors (Lipinski definition) is 2. The molecule has 1 heterocycles. The number of hydrogen-bond donors (Lipinski definition) is 1. The van der Waals surface area contributed by atoms with Gasteiger partial charge < -0.3 is 15.0 Å². The third-order valence-electron chi connectivity index (χ3n) is 3.52. The number of aryl methyl sites for hydroxylation is 1. The van der Waals surface area contributed by atoms with Gasteiger partial charge in [0.1, 0.15) is 6.10 Å². The van der Waals surface area contributed by atoms with Crippen LogP contribution in [0.5, 0.6) is 0 Å². The summed E-state index contributed by atoms with van der Waals surface area (Å²) in [4.78, 5) is 6.57. The molecular formula is C16H24IN3O. The number of rotatable bonds is 3. The zero-order valence-electron chi connectivity index (χ0n) is 12.7. The minimum Gasteiger partial charge on any atom is -0.370 e. The highest BCUT2D eigenvalue weighted by Gasteiger charge is 2.24. The van der Waals surface area contributed by atoms with Gasteiger partial charge in [-0.1, -0.05) is 30.3 Å². The van der Waals surface area contributed by atoms with Crippen LogP contribution in [0.1, 0.15) is 17.2 Å². The Morgan fingerprint density at radius 2 is 2.29 bits per heavy atom. The monoisotopic (exact) mass is 401 g/mol. The van der Waals surface area contributed by atoms with Gasteiger partial charge in [-0.3, -0.25) is 4.99 Å². The minimum atomic E-state index is 0. The fourth-order valence-electron chi connectivity index (χ4n) is 2.47. The maximum absolute atomic E-state index is 5.93. The van der Waals surface area contributed by atoms with Gasteiger partial charge in [-0.25, -0.2) is 0 Å². The number of nitrogens with one attached hydrogen (secondary N) is 1. The maximum atomic E-state index is 5.93. The van der Waals surface area contributed by atoms with Crippen LogP contribution in [0.4, 0.5) is 0 Å². The summed E-state index contributed by atoms with van der Waals surface area (Å²) in [7, 11) is 1.81. The molecule has 0 spiro atoms. The third-order valence-corrected chi connectivity index (χ3v) is 3.52. The van der Waals surface area contributed by atoms with Crippen molar-refractivity contribution in [2.45, 2.75) is 13.0 Å². The predicted molar refractivity (Wildman–Crippen MR) is 98.4 cm³/mol. The number of halogens is 1. The SMILES string of the molecule is C=CCNC(=NC)N1CCOC(c2ccccc2C)C1.I. The highest BCUT2D eigenvalue weighted by molar-refractivity contribution is 14.0. The van der Waals surface area contributed by atoms with Gasteiger partial charge in [0.25, 0.3) is 0 Å². The highest BCUT2D eigenvalue weighted by Crippen LogP contribution is 2.24. The molecule has 0 aliphatic carbocycles. The molecule has 1 aromatic rings. The molecule has 0 amide bonds. The Hall–Kier alpha value is -1.08. The summed E-state index contributed by atoms with van der Waals surface area (Å²) in [5.74, 6) is 0.909. The number of aliphatic imine (C=N–C) groups is 1. The van der Waals surface area contributed by atoms with E-state index in [1.54, 1.807) is 0 Å². The molecule has 5 heteroatoms. The molecule has 1 atom stereocenters. The van der Waals surface area contributed by atoms with Crippen LogP contribution in [0.25, 0.3) is 0 Å². The predicted octanol–water partition coefficient (Wildman–Crippen LogP) is 2.75. The lowest BCUT2D eigenvalue weighted by molar-refractivity contribution is -0.00824. The molecular weight excluding hydrogens is 377 g/mol. The lowest BCUT2D eigenvalue weighted by atomic mass is 10.0. The van der Waals surface area contributed by atoms with Crippen LogP contribution in [0.3, 0.4) is 0 Å². The zero-order chi connectivity index (χ0) is 14.4. The summed E-state index contributed by atoms with van der Waals surface area (Å²) in [6, 6.07) is 8.39. The summed E-state index contributed by atoms with van der Waals surface area (Å²) >= 11 is 0. The van der Waals surface area contributed by atoms with E-state index in [1.807, 2.05) is 13.1 Å². The van der Waals surface area contributed by atoms with E-state index in [-0.39, 0.29) is 30.1 Å². The van der Waals surface area contributed by atoms with Gasteiger partial charge >= 0.3 is 0 Å². The van der Waals surface area contributed by atoms with Crippen molar-refractivity contribution in [2.75, 3.05) is 33.3 Å². The van der Waals surface area contributed by atoms with E-state index in [2.05, 4.69) is 53.0 Å².